The molecule has 1 rings (SSSR count). The van der Waals surface area contributed by atoms with Gasteiger partial charge in [0.15, 0.2) is 11.6 Å². The summed E-state index contributed by atoms with van der Waals surface area (Å²) in [6, 6.07) is -0.0268. The molecule has 84 valence electrons. The minimum Gasteiger partial charge on any atom is -0.506 e. The summed E-state index contributed by atoms with van der Waals surface area (Å²) in [5, 5.41) is 27.0. The van der Waals surface area contributed by atoms with Crippen molar-refractivity contribution in [1.29, 1.82) is 0 Å². The monoisotopic (exact) mass is 235 g/mol. The summed E-state index contributed by atoms with van der Waals surface area (Å²) >= 11 is 5.54. The van der Waals surface area contributed by atoms with Crippen molar-refractivity contribution in [2.75, 3.05) is 6.61 Å². The highest BCUT2D eigenvalue weighted by Crippen LogP contribution is 2.38. The van der Waals surface area contributed by atoms with Gasteiger partial charge in [0, 0.05) is 18.7 Å². The van der Waals surface area contributed by atoms with E-state index < -0.39 is 23.4 Å². The van der Waals surface area contributed by atoms with E-state index in [1.165, 1.54) is 0 Å². The van der Waals surface area contributed by atoms with Crippen molar-refractivity contribution in [3.8, 4) is 11.5 Å². The Morgan fingerprint density at radius 3 is 2.60 bits per heavy atom. The Morgan fingerprint density at radius 1 is 1.47 bits per heavy atom. The van der Waals surface area contributed by atoms with Gasteiger partial charge in [-0.2, -0.15) is 0 Å². The molecule has 1 atom stereocenters. The Bertz CT molecular complexity index is 347. The zero-order chi connectivity index (χ0) is 11.6. The predicted octanol–water partition coefficient (Wildman–Crippen LogP) is 1.27. The van der Waals surface area contributed by atoms with E-state index in [1.54, 1.807) is 0 Å². The van der Waals surface area contributed by atoms with E-state index in [1.807, 2.05) is 0 Å². The molecule has 15 heavy (non-hydrogen) atoms. The molecule has 5 N–H and O–H groups in total. The SMILES string of the molecule is NC(CCO)c1c(O)c(Cl)cc(O)c1F. The molecule has 1 aromatic carbocycles. The van der Waals surface area contributed by atoms with E-state index in [-0.39, 0.29) is 23.6 Å². The number of nitrogens with two attached hydrogens (primary N) is 1. The lowest BCUT2D eigenvalue weighted by molar-refractivity contribution is 0.273. The molecule has 0 saturated heterocycles. The topological polar surface area (TPSA) is 86.7 Å². The lowest BCUT2D eigenvalue weighted by atomic mass is 10.0. The maximum Gasteiger partial charge on any atom is 0.173 e. The molecular formula is C9H11ClFNO3. The number of hydrogen-bond acceptors (Lipinski definition) is 4. The van der Waals surface area contributed by atoms with Crippen LogP contribution in [0.1, 0.15) is 18.0 Å². The lowest BCUT2D eigenvalue weighted by Gasteiger charge is -2.15. The summed E-state index contributed by atoms with van der Waals surface area (Å²) in [5.41, 5.74) is 5.23. The van der Waals surface area contributed by atoms with Crippen LogP contribution in [0.15, 0.2) is 6.07 Å². The zero-order valence-corrected chi connectivity index (χ0v) is 8.50. The molecule has 0 aliphatic heterocycles. The first-order chi connectivity index (χ1) is 6.99. The molecule has 0 fully saturated rings. The van der Waals surface area contributed by atoms with Gasteiger partial charge in [0.25, 0.3) is 0 Å². The van der Waals surface area contributed by atoms with Crippen LogP contribution < -0.4 is 5.73 Å². The predicted molar refractivity (Wildman–Crippen MR) is 53.4 cm³/mol. The van der Waals surface area contributed by atoms with E-state index in [4.69, 9.17) is 27.5 Å². The number of halogens is 2. The third-order valence-corrected chi connectivity index (χ3v) is 2.31. The van der Waals surface area contributed by atoms with Crippen LogP contribution in [-0.4, -0.2) is 21.9 Å². The summed E-state index contributed by atoms with van der Waals surface area (Å²) in [7, 11) is 0. The van der Waals surface area contributed by atoms with Crippen molar-refractivity contribution < 1.29 is 19.7 Å². The van der Waals surface area contributed by atoms with Gasteiger partial charge >= 0.3 is 0 Å². The summed E-state index contributed by atoms with van der Waals surface area (Å²) < 4.78 is 13.4. The van der Waals surface area contributed by atoms with Gasteiger partial charge in [-0.3, -0.25) is 0 Å². The number of benzene rings is 1. The van der Waals surface area contributed by atoms with Crippen LogP contribution in [0.3, 0.4) is 0 Å². The van der Waals surface area contributed by atoms with Crippen LogP contribution >= 0.6 is 11.6 Å². The highest BCUT2D eigenvalue weighted by atomic mass is 35.5. The maximum atomic E-state index is 13.4. The number of hydrogen-bond donors (Lipinski definition) is 4. The van der Waals surface area contributed by atoms with Gasteiger partial charge in [-0.05, 0) is 6.42 Å². The Morgan fingerprint density at radius 2 is 2.07 bits per heavy atom. The standard InChI is InChI=1S/C9H11ClFNO3/c10-4-3-6(14)8(11)7(9(4)15)5(12)1-2-13/h3,5,13-15H,1-2,12H2. The van der Waals surface area contributed by atoms with E-state index >= 15 is 0 Å². The molecule has 0 heterocycles. The average molecular weight is 236 g/mol. The van der Waals surface area contributed by atoms with Gasteiger partial charge in [0.05, 0.1) is 10.6 Å². The van der Waals surface area contributed by atoms with Crippen LogP contribution in [0.5, 0.6) is 11.5 Å². The van der Waals surface area contributed by atoms with Crippen molar-refractivity contribution in [1.82, 2.24) is 0 Å². The second kappa shape index (κ2) is 4.65. The third-order valence-electron chi connectivity index (χ3n) is 2.02. The van der Waals surface area contributed by atoms with Crippen molar-refractivity contribution in [2.24, 2.45) is 5.73 Å². The summed E-state index contributed by atoms with van der Waals surface area (Å²) in [4.78, 5) is 0. The van der Waals surface area contributed by atoms with Crippen molar-refractivity contribution >= 4 is 11.6 Å². The molecule has 0 aliphatic carbocycles. The molecule has 0 amide bonds. The Hall–Kier alpha value is -1.04. The van der Waals surface area contributed by atoms with Crippen LogP contribution in [0.2, 0.25) is 5.02 Å². The fourth-order valence-corrected chi connectivity index (χ4v) is 1.45. The summed E-state index contributed by atoms with van der Waals surface area (Å²) in [6.07, 6.45) is 0.0598. The minimum absolute atomic E-state index is 0.0598. The maximum absolute atomic E-state index is 13.4. The number of phenols is 2. The number of phenolic OH excluding ortho intramolecular Hbond substituents is 2. The second-order valence-electron chi connectivity index (χ2n) is 3.07. The largest absolute Gasteiger partial charge is 0.506 e. The van der Waals surface area contributed by atoms with E-state index in [9.17, 15) is 9.50 Å². The molecule has 0 saturated carbocycles. The van der Waals surface area contributed by atoms with Gasteiger partial charge in [0.2, 0.25) is 0 Å². The molecule has 0 aliphatic rings. The number of aliphatic hydroxyl groups is 1. The van der Waals surface area contributed by atoms with E-state index in [0.717, 1.165) is 6.07 Å². The second-order valence-corrected chi connectivity index (χ2v) is 3.48. The molecule has 0 spiro atoms. The third kappa shape index (κ3) is 2.31. The van der Waals surface area contributed by atoms with Crippen LogP contribution in [0.4, 0.5) is 4.39 Å². The molecule has 0 radical (unpaired) electrons. The molecule has 0 bridgehead atoms. The Labute approximate surface area is 90.7 Å². The fraction of sp³-hybridized carbons (Fsp3) is 0.333. The summed E-state index contributed by atoms with van der Waals surface area (Å²) in [6.45, 7) is -0.257. The van der Waals surface area contributed by atoms with Crippen LogP contribution in [-0.2, 0) is 0 Å². The lowest BCUT2D eigenvalue weighted by Crippen LogP contribution is -2.14. The number of rotatable bonds is 3. The average Bonchev–Trinajstić information content (AvgIpc) is 2.16. The van der Waals surface area contributed by atoms with Crippen molar-refractivity contribution in [3.05, 3.63) is 22.5 Å². The Balaban J connectivity index is 3.26. The van der Waals surface area contributed by atoms with E-state index in [0.29, 0.717) is 0 Å². The molecule has 1 aromatic rings. The molecule has 4 nitrogen and oxygen atoms in total. The molecule has 1 unspecified atom stereocenters. The Kier molecular flexibility index (Phi) is 3.73. The number of aromatic hydroxyl groups is 2. The fourth-order valence-electron chi connectivity index (χ4n) is 1.24. The summed E-state index contributed by atoms with van der Waals surface area (Å²) in [5.74, 6) is -2.20. The first kappa shape index (κ1) is 12.0. The molecule has 0 aromatic heterocycles. The highest BCUT2D eigenvalue weighted by Gasteiger charge is 2.21. The van der Waals surface area contributed by atoms with Gasteiger partial charge in [-0.1, -0.05) is 11.6 Å². The highest BCUT2D eigenvalue weighted by molar-refractivity contribution is 6.32. The molecular weight excluding hydrogens is 225 g/mol. The van der Waals surface area contributed by atoms with Crippen molar-refractivity contribution in [3.63, 3.8) is 0 Å². The van der Waals surface area contributed by atoms with E-state index in [2.05, 4.69) is 0 Å². The normalized spacial score (nSPS) is 12.8. The van der Waals surface area contributed by atoms with Gasteiger partial charge in [-0.25, -0.2) is 4.39 Å². The van der Waals surface area contributed by atoms with Crippen LogP contribution in [0, 0.1) is 5.82 Å². The molecule has 6 heteroatoms. The van der Waals surface area contributed by atoms with Gasteiger partial charge in [0.1, 0.15) is 5.75 Å². The number of aliphatic hydroxyl groups excluding tert-OH is 1. The first-order valence-electron chi connectivity index (χ1n) is 4.25. The van der Waals surface area contributed by atoms with Crippen molar-refractivity contribution in [2.45, 2.75) is 12.5 Å². The van der Waals surface area contributed by atoms with Gasteiger partial charge in [-0.15, -0.1) is 0 Å². The quantitative estimate of drug-likeness (QED) is 0.595. The first-order valence-corrected chi connectivity index (χ1v) is 4.63. The van der Waals surface area contributed by atoms with Crippen LogP contribution in [0.25, 0.3) is 0 Å². The minimum atomic E-state index is -1.02. The zero-order valence-electron chi connectivity index (χ0n) is 7.74. The van der Waals surface area contributed by atoms with Gasteiger partial charge < -0.3 is 21.1 Å². The smallest absolute Gasteiger partial charge is 0.173 e.